The number of hydrogen-bond donors (Lipinski definition) is 0. The fourth-order valence-electron chi connectivity index (χ4n) is 2.20. The molecule has 0 atom stereocenters. The number of alkyl halides is 17. The van der Waals surface area contributed by atoms with Gasteiger partial charge in [-0.25, -0.2) is 0 Å². The lowest BCUT2D eigenvalue weighted by Crippen LogP contribution is -2.74. The summed E-state index contributed by atoms with van der Waals surface area (Å²) in [7, 11) is 0. The highest BCUT2D eigenvalue weighted by Crippen LogP contribution is 2.64. The van der Waals surface area contributed by atoms with Crippen LogP contribution in [0.2, 0.25) is 0 Å². The van der Waals surface area contributed by atoms with E-state index in [1.165, 1.54) is 0 Å². The molecule has 0 bridgehead atoms. The van der Waals surface area contributed by atoms with Crippen molar-refractivity contribution in [3.05, 3.63) is 0 Å². The van der Waals surface area contributed by atoms with E-state index in [0.29, 0.717) is 0 Å². The number of unbranched alkanes of at least 4 members (excludes halogenated alkanes) is 2. The van der Waals surface area contributed by atoms with Gasteiger partial charge in [0.1, 0.15) is 0 Å². The lowest BCUT2D eigenvalue weighted by Gasteiger charge is -2.43. The monoisotopic (exact) mass is 622 g/mol. The highest BCUT2D eigenvalue weighted by Gasteiger charge is 2.94. The first-order valence-corrected chi connectivity index (χ1v) is 13.3. The van der Waals surface area contributed by atoms with Crippen molar-refractivity contribution in [1.82, 2.24) is 0 Å². The molecule has 0 nitrogen and oxygen atoms in total. The Morgan fingerprint density at radius 1 is 0.412 bits per heavy atom. The Hall–Kier alpha value is -0.103. The van der Waals surface area contributed by atoms with E-state index >= 15 is 0 Å². The van der Waals surface area contributed by atoms with Crippen LogP contribution >= 0.6 is 33.2 Å². The molecule has 0 saturated heterocycles. The topological polar surface area (TPSA) is 0 Å². The van der Waals surface area contributed by atoms with Gasteiger partial charge < -0.3 is 0 Å². The molecule has 34 heavy (non-hydrogen) atoms. The van der Waals surface area contributed by atoms with Gasteiger partial charge in [-0.1, -0.05) is 6.42 Å². The molecular weight excluding hydrogens is 614 g/mol. The molecule has 0 radical (unpaired) electrons. The van der Waals surface area contributed by atoms with Crippen molar-refractivity contribution >= 4 is 39.2 Å². The maximum absolute atomic E-state index is 13.6. The molecule has 0 aliphatic heterocycles. The standard InChI is InChI=1S/C13H10Cl3F17Si/c14-34(15,16)13(32,33)12(30,31)11(28,29)10(26,27)9(24,25)8(22,23)6(17,18)4-2-1-3-5-7(19,20)21/h1-5H2. The van der Waals surface area contributed by atoms with Crippen molar-refractivity contribution in [3.63, 3.8) is 0 Å². The molecule has 0 spiro atoms. The molecule has 0 unspecified atom stereocenters. The zero-order valence-electron chi connectivity index (χ0n) is 15.6. The Balaban J connectivity index is 6.11. The second-order valence-electron chi connectivity index (χ2n) is 6.82. The summed E-state index contributed by atoms with van der Waals surface area (Å²) in [6, 6.07) is -6.53. The van der Waals surface area contributed by atoms with Gasteiger partial charge in [-0.2, -0.15) is 74.6 Å². The van der Waals surface area contributed by atoms with Gasteiger partial charge in [0.25, 0.3) is 0 Å². The fourth-order valence-corrected chi connectivity index (χ4v) is 3.78. The molecule has 0 aliphatic rings. The van der Waals surface area contributed by atoms with Gasteiger partial charge in [-0.05, 0) is 12.8 Å². The Bertz CT molecular complexity index is 698. The van der Waals surface area contributed by atoms with Crippen LogP contribution in [-0.4, -0.2) is 53.3 Å². The van der Waals surface area contributed by atoms with E-state index < -0.39 is 85.4 Å². The minimum absolute atomic E-state index is 1.01. The molecule has 206 valence electrons. The minimum atomic E-state index is -8.31. The first kappa shape index (κ1) is 33.9. The third kappa shape index (κ3) is 5.73. The highest BCUT2D eigenvalue weighted by molar-refractivity contribution is 7.65. The first-order valence-electron chi connectivity index (χ1n) is 8.24. The van der Waals surface area contributed by atoms with Crippen LogP contribution < -0.4 is 0 Å². The average molecular weight is 624 g/mol. The Kier molecular flexibility index (Phi) is 9.62. The molecule has 0 N–H and O–H groups in total. The van der Waals surface area contributed by atoms with Crippen LogP contribution in [0.25, 0.3) is 0 Å². The quantitative estimate of drug-likeness (QED) is 0.0881. The zero-order chi connectivity index (χ0) is 28.0. The van der Waals surface area contributed by atoms with Crippen molar-refractivity contribution in [1.29, 1.82) is 0 Å². The summed E-state index contributed by atoms with van der Waals surface area (Å²) in [5, 5.41) is 0. The van der Waals surface area contributed by atoms with Crippen LogP contribution in [0.4, 0.5) is 74.6 Å². The maximum atomic E-state index is 13.6. The van der Waals surface area contributed by atoms with Gasteiger partial charge in [-0.15, -0.1) is 33.2 Å². The SMILES string of the molecule is FC(F)(F)CCCCCC(F)(F)C(F)(F)C(F)(F)C(F)(F)C(F)(F)C(F)(F)C(F)(F)[Si](Cl)(Cl)Cl. The van der Waals surface area contributed by atoms with Crippen LogP contribution in [-0.2, 0) is 0 Å². The Labute approximate surface area is 193 Å². The molecule has 0 rings (SSSR count). The minimum Gasteiger partial charge on any atom is -0.200 e. The van der Waals surface area contributed by atoms with Crippen molar-refractivity contribution in [2.24, 2.45) is 0 Å². The lowest BCUT2D eigenvalue weighted by atomic mass is 9.89. The largest absolute Gasteiger partial charge is 0.424 e. The summed E-state index contributed by atoms with van der Waals surface area (Å²) in [5.41, 5.74) is -6.80. The highest BCUT2D eigenvalue weighted by atomic mass is 35.8. The summed E-state index contributed by atoms with van der Waals surface area (Å²) in [4.78, 5) is 0. The maximum Gasteiger partial charge on any atom is 0.424 e. The second-order valence-corrected chi connectivity index (χ2v) is 15.3. The zero-order valence-corrected chi connectivity index (χ0v) is 18.9. The van der Waals surface area contributed by atoms with E-state index in [4.69, 9.17) is 0 Å². The molecule has 0 aromatic heterocycles. The van der Waals surface area contributed by atoms with Crippen LogP contribution in [0, 0.1) is 0 Å². The fraction of sp³-hybridized carbons (Fsp3) is 1.00. The normalized spacial score (nSPS) is 16.2. The predicted molar refractivity (Wildman–Crippen MR) is 87.1 cm³/mol. The van der Waals surface area contributed by atoms with Gasteiger partial charge in [0.05, 0.1) is 0 Å². The van der Waals surface area contributed by atoms with Gasteiger partial charge in [0, 0.05) is 12.8 Å². The van der Waals surface area contributed by atoms with E-state index in [0.717, 1.165) is 0 Å². The summed E-state index contributed by atoms with van der Waals surface area (Å²) in [5.74, 6) is -46.4. The van der Waals surface area contributed by atoms with Crippen LogP contribution in [0.3, 0.4) is 0 Å². The van der Waals surface area contributed by atoms with E-state index in [1.54, 1.807) is 0 Å². The van der Waals surface area contributed by atoms with Crippen molar-refractivity contribution in [2.75, 3.05) is 0 Å². The molecule has 0 heterocycles. The van der Waals surface area contributed by atoms with E-state index in [1.807, 2.05) is 0 Å². The van der Waals surface area contributed by atoms with Crippen molar-refractivity contribution < 1.29 is 74.6 Å². The van der Waals surface area contributed by atoms with E-state index in [2.05, 4.69) is 33.2 Å². The lowest BCUT2D eigenvalue weighted by molar-refractivity contribution is -0.436. The molecule has 21 heteroatoms. The van der Waals surface area contributed by atoms with Crippen LogP contribution in [0.5, 0.6) is 0 Å². The van der Waals surface area contributed by atoms with Crippen molar-refractivity contribution in [2.45, 2.75) is 79.4 Å². The van der Waals surface area contributed by atoms with Crippen LogP contribution in [0.1, 0.15) is 32.1 Å². The summed E-state index contributed by atoms with van der Waals surface area (Å²) < 4.78 is 226. The second kappa shape index (κ2) is 9.65. The smallest absolute Gasteiger partial charge is 0.200 e. The molecule has 0 aromatic rings. The molecular formula is C13H10Cl3F17Si. The molecule has 0 aromatic carbocycles. The summed E-state index contributed by atoms with van der Waals surface area (Å²) in [6.45, 7) is 0. The third-order valence-electron chi connectivity index (χ3n) is 4.24. The predicted octanol–water partition coefficient (Wildman–Crippen LogP) is 9.14. The number of rotatable bonds is 12. The molecule has 0 aliphatic carbocycles. The number of halogens is 20. The molecule has 0 fully saturated rings. The van der Waals surface area contributed by atoms with Crippen molar-refractivity contribution in [3.8, 4) is 0 Å². The van der Waals surface area contributed by atoms with Gasteiger partial charge in [-0.3, -0.25) is 0 Å². The number of hydrogen-bond acceptors (Lipinski definition) is 0. The Morgan fingerprint density at radius 3 is 1.09 bits per heavy atom. The summed E-state index contributed by atoms with van der Waals surface area (Å²) in [6.07, 6.45) is -12.6. The third-order valence-corrected chi connectivity index (χ3v) is 7.40. The molecule has 0 saturated carbocycles. The Morgan fingerprint density at radius 2 is 0.735 bits per heavy atom. The van der Waals surface area contributed by atoms with Gasteiger partial charge in [0.2, 0.25) is 0 Å². The average Bonchev–Trinajstić information content (AvgIpc) is 2.58. The van der Waals surface area contributed by atoms with Crippen LogP contribution in [0.15, 0.2) is 0 Å². The van der Waals surface area contributed by atoms with Gasteiger partial charge in [0.15, 0.2) is 0 Å². The van der Waals surface area contributed by atoms with E-state index in [-0.39, 0.29) is 0 Å². The first-order chi connectivity index (χ1) is 14.5. The van der Waals surface area contributed by atoms with E-state index in [9.17, 15) is 74.6 Å². The van der Waals surface area contributed by atoms with Gasteiger partial charge >= 0.3 is 53.3 Å². The molecule has 0 amide bonds. The summed E-state index contributed by atoms with van der Waals surface area (Å²) >= 11 is 13.2.